The summed E-state index contributed by atoms with van der Waals surface area (Å²) < 4.78 is 37.5. The molecule has 2 fully saturated rings. The normalized spacial score (nSPS) is 25.8. The molecule has 1 N–H and O–H groups in total. The topological polar surface area (TPSA) is 32.3 Å². The molecule has 3 nitrogen and oxygen atoms in total. The van der Waals surface area contributed by atoms with E-state index >= 15 is 0 Å². The lowest BCUT2D eigenvalue weighted by atomic mass is 9.96. The lowest BCUT2D eigenvalue weighted by molar-refractivity contribution is -0.186. The van der Waals surface area contributed by atoms with Gasteiger partial charge < -0.3 is 10.2 Å². The summed E-state index contributed by atoms with van der Waals surface area (Å²) >= 11 is 0. The number of nitrogens with one attached hydrogen (secondary N) is 1. The number of carbonyl (C=O) groups is 1. The van der Waals surface area contributed by atoms with E-state index in [1.165, 1.54) is 0 Å². The second kappa shape index (κ2) is 6.11. The second-order valence-electron chi connectivity index (χ2n) is 5.53. The minimum absolute atomic E-state index is 0.00863. The van der Waals surface area contributed by atoms with E-state index in [0.717, 1.165) is 25.8 Å². The van der Waals surface area contributed by atoms with Crippen LogP contribution in [0.2, 0.25) is 0 Å². The molecule has 0 bridgehead atoms. The van der Waals surface area contributed by atoms with Crippen molar-refractivity contribution in [3.8, 4) is 0 Å². The van der Waals surface area contributed by atoms with Crippen molar-refractivity contribution in [1.29, 1.82) is 0 Å². The van der Waals surface area contributed by atoms with Gasteiger partial charge in [-0.1, -0.05) is 0 Å². The highest BCUT2D eigenvalue weighted by Gasteiger charge is 2.41. The maximum atomic E-state index is 12.5. The first-order valence-corrected chi connectivity index (χ1v) is 7.04. The van der Waals surface area contributed by atoms with Crippen molar-refractivity contribution in [2.75, 3.05) is 19.6 Å². The number of hydrogen-bond acceptors (Lipinski definition) is 2. The molecule has 1 amide bonds. The Morgan fingerprint density at radius 1 is 1.21 bits per heavy atom. The van der Waals surface area contributed by atoms with Crippen LogP contribution in [-0.2, 0) is 4.79 Å². The Bertz CT molecular complexity index is 306. The summed E-state index contributed by atoms with van der Waals surface area (Å²) in [4.78, 5) is 13.5. The minimum Gasteiger partial charge on any atom is -0.343 e. The molecule has 0 saturated carbocycles. The summed E-state index contributed by atoms with van der Waals surface area (Å²) in [6.45, 7) is 1.51. The van der Waals surface area contributed by atoms with Crippen LogP contribution in [0.3, 0.4) is 0 Å². The summed E-state index contributed by atoms with van der Waals surface area (Å²) in [6.07, 6.45) is -0.498. The van der Waals surface area contributed by atoms with E-state index in [1.54, 1.807) is 4.90 Å². The molecule has 0 aromatic carbocycles. The summed E-state index contributed by atoms with van der Waals surface area (Å²) in [5, 5.41) is 3.32. The van der Waals surface area contributed by atoms with Gasteiger partial charge in [0.15, 0.2) is 0 Å². The van der Waals surface area contributed by atoms with E-state index in [1.807, 2.05) is 0 Å². The first-order valence-electron chi connectivity index (χ1n) is 7.04. The van der Waals surface area contributed by atoms with Gasteiger partial charge in [-0.2, -0.15) is 13.2 Å². The van der Waals surface area contributed by atoms with Gasteiger partial charge in [-0.3, -0.25) is 4.79 Å². The van der Waals surface area contributed by atoms with Crippen LogP contribution in [0.25, 0.3) is 0 Å². The van der Waals surface area contributed by atoms with Crippen molar-refractivity contribution in [3.05, 3.63) is 0 Å². The van der Waals surface area contributed by atoms with Gasteiger partial charge in [-0.25, -0.2) is 0 Å². The molecule has 1 unspecified atom stereocenters. The van der Waals surface area contributed by atoms with Crippen LogP contribution in [-0.4, -0.2) is 42.7 Å². The molecule has 6 heteroatoms. The van der Waals surface area contributed by atoms with Crippen molar-refractivity contribution < 1.29 is 18.0 Å². The van der Waals surface area contributed by atoms with Gasteiger partial charge in [0.05, 0.1) is 5.92 Å². The number of hydrogen-bond donors (Lipinski definition) is 1. The van der Waals surface area contributed by atoms with Crippen LogP contribution < -0.4 is 5.32 Å². The van der Waals surface area contributed by atoms with E-state index < -0.39 is 12.1 Å². The lowest BCUT2D eigenvalue weighted by Gasteiger charge is -2.33. The average Bonchev–Trinajstić information content (AvgIpc) is 2.88. The molecule has 0 aromatic heterocycles. The number of likely N-dealkylation sites (tertiary alicyclic amines) is 1. The summed E-state index contributed by atoms with van der Waals surface area (Å²) in [6, 6.07) is 0.414. The van der Waals surface area contributed by atoms with E-state index in [4.69, 9.17) is 0 Å². The van der Waals surface area contributed by atoms with E-state index in [2.05, 4.69) is 5.32 Å². The first kappa shape index (κ1) is 14.6. The fourth-order valence-corrected chi connectivity index (χ4v) is 2.92. The molecule has 19 heavy (non-hydrogen) atoms. The number of amides is 1. The summed E-state index contributed by atoms with van der Waals surface area (Å²) in [5.74, 6) is -1.22. The van der Waals surface area contributed by atoms with E-state index in [-0.39, 0.29) is 31.8 Å². The number of rotatable bonds is 3. The molecule has 2 aliphatic heterocycles. The third kappa shape index (κ3) is 4.09. The zero-order valence-electron chi connectivity index (χ0n) is 11.0. The SMILES string of the molecule is O=C(CCC1CCCN1)N1CCC(C(F)(F)F)CC1. The molecule has 0 aliphatic carbocycles. The zero-order chi connectivity index (χ0) is 13.9. The van der Waals surface area contributed by atoms with Crippen LogP contribution in [0.1, 0.15) is 38.5 Å². The molecule has 110 valence electrons. The molecule has 0 radical (unpaired) electrons. The number of carbonyl (C=O) groups excluding carboxylic acids is 1. The Morgan fingerprint density at radius 2 is 1.89 bits per heavy atom. The predicted molar refractivity (Wildman–Crippen MR) is 65.6 cm³/mol. The Kier molecular flexibility index (Phi) is 4.71. The quantitative estimate of drug-likeness (QED) is 0.859. The Labute approximate surface area is 111 Å². The summed E-state index contributed by atoms with van der Waals surface area (Å²) in [7, 11) is 0. The van der Waals surface area contributed by atoms with Crippen LogP contribution in [0.15, 0.2) is 0 Å². The van der Waals surface area contributed by atoms with Gasteiger partial charge >= 0.3 is 6.18 Å². The van der Waals surface area contributed by atoms with Gasteiger partial charge in [0.1, 0.15) is 0 Å². The molecular weight excluding hydrogens is 257 g/mol. The molecular formula is C13H21F3N2O. The molecule has 2 aliphatic rings. The largest absolute Gasteiger partial charge is 0.391 e. The van der Waals surface area contributed by atoms with Gasteiger partial charge in [-0.05, 0) is 38.6 Å². The van der Waals surface area contributed by atoms with Crippen LogP contribution in [0.5, 0.6) is 0 Å². The monoisotopic (exact) mass is 278 g/mol. The third-order valence-electron chi connectivity index (χ3n) is 4.18. The number of alkyl halides is 3. The fraction of sp³-hybridized carbons (Fsp3) is 0.923. The molecule has 2 rings (SSSR count). The summed E-state index contributed by atoms with van der Waals surface area (Å²) in [5.41, 5.74) is 0. The standard InChI is InChI=1S/C13H21F3N2O/c14-13(15,16)10-5-8-18(9-6-10)12(19)4-3-11-2-1-7-17-11/h10-11,17H,1-9H2. The first-order chi connectivity index (χ1) is 8.97. The molecule has 2 heterocycles. The maximum Gasteiger partial charge on any atom is 0.391 e. The van der Waals surface area contributed by atoms with Gasteiger partial charge in [-0.15, -0.1) is 0 Å². The van der Waals surface area contributed by atoms with Crippen LogP contribution in [0.4, 0.5) is 13.2 Å². The fourth-order valence-electron chi connectivity index (χ4n) is 2.92. The smallest absolute Gasteiger partial charge is 0.343 e. The zero-order valence-corrected chi connectivity index (χ0v) is 11.0. The molecule has 2 saturated heterocycles. The highest BCUT2D eigenvalue weighted by Crippen LogP contribution is 2.34. The van der Waals surface area contributed by atoms with Crippen LogP contribution in [0, 0.1) is 5.92 Å². The average molecular weight is 278 g/mol. The molecule has 0 spiro atoms. The van der Waals surface area contributed by atoms with Gasteiger partial charge in [0.2, 0.25) is 5.91 Å². The van der Waals surface area contributed by atoms with E-state index in [0.29, 0.717) is 12.5 Å². The van der Waals surface area contributed by atoms with E-state index in [9.17, 15) is 18.0 Å². The van der Waals surface area contributed by atoms with Crippen molar-refractivity contribution in [2.45, 2.75) is 50.7 Å². The molecule has 0 aromatic rings. The minimum atomic E-state index is -4.11. The van der Waals surface area contributed by atoms with Gasteiger partial charge in [0.25, 0.3) is 0 Å². The highest BCUT2D eigenvalue weighted by atomic mass is 19.4. The van der Waals surface area contributed by atoms with Crippen molar-refractivity contribution in [1.82, 2.24) is 10.2 Å². The number of piperidine rings is 1. The second-order valence-corrected chi connectivity index (χ2v) is 5.53. The van der Waals surface area contributed by atoms with Gasteiger partial charge in [0, 0.05) is 25.6 Å². The number of nitrogens with zero attached hydrogens (tertiary/aromatic N) is 1. The van der Waals surface area contributed by atoms with Crippen LogP contribution >= 0.6 is 0 Å². The van der Waals surface area contributed by atoms with Crippen molar-refractivity contribution >= 4 is 5.91 Å². The third-order valence-corrected chi connectivity index (χ3v) is 4.18. The lowest BCUT2D eigenvalue weighted by Crippen LogP contribution is -2.42. The Balaban J connectivity index is 1.70. The highest BCUT2D eigenvalue weighted by molar-refractivity contribution is 5.76. The van der Waals surface area contributed by atoms with Crippen molar-refractivity contribution in [2.24, 2.45) is 5.92 Å². The molecule has 1 atom stereocenters. The van der Waals surface area contributed by atoms with Crippen molar-refractivity contribution in [3.63, 3.8) is 0 Å². The Morgan fingerprint density at radius 3 is 2.42 bits per heavy atom. The maximum absolute atomic E-state index is 12.5. The number of halogens is 3. The Hall–Kier alpha value is -0.780. The predicted octanol–water partition coefficient (Wildman–Crippen LogP) is 2.32.